The van der Waals surface area contributed by atoms with Gasteiger partial charge in [-0.3, -0.25) is 0 Å². The van der Waals surface area contributed by atoms with Crippen molar-refractivity contribution >= 4 is 12.2 Å². The molecule has 0 saturated heterocycles. The first kappa shape index (κ1) is 14.2. The molecule has 3 aromatic rings. The van der Waals surface area contributed by atoms with Crippen molar-refractivity contribution in [3.63, 3.8) is 0 Å². The van der Waals surface area contributed by atoms with Gasteiger partial charge in [-0.2, -0.15) is 5.26 Å². The molecule has 1 heterocycles. The summed E-state index contributed by atoms with van der Waals surface area (Å²) in [5, 5.41) is 8.83. The van der Waals surface area contributed by atoms with Crippen LogP contribution in [0.2, 0.25) is 0 Å². The molecule has 3 nitrogen and oxygen atoms in total. The minimum Gasteiger partial charge on any atom is -0.331 e. The number of H-pyrrole nitrogens is 1. The molecule has 0 fully saturated rings. The second kappa shape index (κ2) is 5.96. The number of halogens is 1. The number of aromatic amines is 1. The SMILES string of the molecule is N#Cc1ccc(-c2cn(Cc3ccc(F)cc3)c(=S)[nH]2)cc1. The van der Waals surface area contributed by atoms with E-state index in [4.69, 9.17) is 17.5 Å². The summed E-state index contributed by atoms with van der Waals surface area (Å²) < 4.78 is 15.4. The molecule has 0 aliphatic heterocycles. The third kappa shape index (κ3) is 2.97. The van der Waals surface area contributed by atoms with Crippen LogP contribution in [0.15, 0.2) is 54.7 Å². The summed E-state index contributed by atoms with van der Waals surface area (Å²) in [6, 6.07) is 15.7. The van der Waals surface area contributed by atoms with Crippen LogP contribution in [0.1, 0.15) is 11.1 Å². The van der Waals surface area contributed by atoms with Crippen LogP contribution < -0.4 is 0 Å². The summed E-state index contributed by atoms with van der Waals surface area (Å²) in [5.41, 5.74) is 3.44. The highest BCUT2D eigenvalue weighted by Crippen LogP contribution is 2.19. The molecule has 0 bridgehead atoms. The van der Waals surface area contributed by atoms with Gasteiger partial charge in [0.1, 0.15) is 5.82 Å². The summed E-state index contributed by atoms with van der Waals surface area (Å²) in [5.74, 6) is -0.250. The number of hydrogen-bond acceptors (Lipinski definition) is 2. The summed E-state index contributed by atoms with van der Waals surface area (Å²) >= 11 is 5.33. The summed E-state index contributed by atoms with van der Waals surface area (Å²) in [4.78, 5) is 3.15. The summed E-state index contributed by atoms with van der Waals surface area (Å²) in [7, 11) is 0. The van der Waals surface area contributed by atoms with Gasteiger partial charge in [-0.15, -0.1) is 0 Å². The van der Waals surface area contributed by atoms with E-state index in [1.807, 2.05) is 22.9 Å². The fraction of sp³-hybridized carbons (Fsp3) is 0.0588. The normalized spacial score (nSPS) is 10.4. The van der Waals surface area contributed by atoms with Gasteiger partial charge >= 0.3 is 0 Å². The lowest BCUT2D eigenvalue weighted by molar-refractivity contribution is 0.626. The molecule has 0 saturated carbocycles. The van der Waals surface area contributed by atoms with Gasteiger partial charge in [0, 0.05) is 12.7 Å². The van der Waals surface area contributed by atoms with Gasteiger partial charge in [-0.1, -0.05) is 24.3 Å². The van der Waals surface area contributed by atoms with E-state index in [1.54, 1.807) is 24.3 Å². The summed E-state index contributed by atoms with van der Waals surface area (Å²) in [6.07, 6.45) is 1.92. The minimum atomic E-state index is -0.250. The first-order valence-corrected chi connectivity index (χ1v) is 7.11. The fourth-order valence-corrected chi connectivity index (χ4v) is 2.44. The summed E-state index contributed by atoms with van der Waals surface area (Å²) in [6.45, 7) is 0.575. The Kier molecular flexibility index (Phi) is 3.86. The Balaban J connectivity index is 1.88. The van der Waals surface area contributed by atoms with Gasteiger partial charge in [0.25, 0.3) is 0 Å². The Bertz CT molecular complexity index is 883. The Morgan fingerprint density at radius 3 is 2.41 bits per heavy atom. The zero-order valence-electron chi connectivity index (χ0n) is 11.6. The van der Waals surface area contributed by atoms with E-state index in [-0.39, 0.29) is 5.82 Å². The smallest absolute Gasteiger partial charge is 0.177 e. The Morgan fingerprint density at radius 1 is 1.09 bits per heavy atom. The molecule has 0 aliphatic rings. The molecule has 0 spiro atoms. The molecule has 3 rings (SSSR count). The van der Waals surface area contributed by atoms with Crippen molar-refractivity contribution in [2.75, 3.05) is 0 Å². The molecule has 0 atom stereocenters. The van der Waals surface area contributed by atoms with E-state index in [1.165, 1.54) is 12.1 Å². The average Bonchev–Trinajstić information content (AvgIpc) is 2.91. The Hall–Kier alpha value is -2.71. The number of nitriles is 1. The molecular formula is C17H12FN3S. The van der Waals surface area contributed by atoms with Crippen LogP contribution in [0.25, 0.3) is 11.3 Å². The second-order valence-corrected chi connectivity index (χ2v) is 5.30. The van der Waals surface area contributed by atoms with Crippen molar-refractivity contribution in [3.05, 3.63) is 76.4 Å². The molecule has 0 unspecified atom stereocenters. The number of nitrogens with zero attached hydrogens (tertiary/aromatic N) is 2. The van der Waals surface area contributed by atoms with Crippen molar-refractivity contribution in [2.45, 2.75) is 6.54 Å². The molecule has 1 N–H and O–H groups in total. The van der Waals surface area contributed by atoms with Crippen LogP contribution >= 0.6 is 12.2 Å². The van der Waals surface area contributed by atoms with Gasteiger partial charge in [-0.25, -0.2) is 4.39 Å². The number of nitrogens with one attached hydrogen (secondary N) is 1. The predicted molar refractivity (Wildman–Crippen MR) is 85.3 cm³/mol. The fourth-order valence-electron chi connectivity index (χ4n) is 2.21. The molecule has 0 amide bonds. The first-order chi connectivity index (χ1) is 10.7. The highest BCUT2D eigenvalue weighted by Gasteiger charge is 2.04. The molecule has 2 aromatic carbocycles. The van der Waals surface area contributed by atoms with Crippen molar-refractivity contribution in [2.24, 2.45) is 0 Å². The van der Waals surface area contributed by atoms with Gasteiger partial charge < -0.3 is 9.55 Å². The van der Waals surface area contributed by atoms with Crippen LogP contribution in [0.5, 0.6) is 0 Å². The monoisotopic (exact) mass is 309 g/mol. The van der Waals surface area contributed by atoms with Crippen LogP contribution in [0, 0.1) is 21.9 Å². The number of imidazole rings is 1. The van der Waals surface area contributed by atoms with Crippen molar-refractivity contribution < 1.29 is 4.39 Å². The Labute approximate surface area is 132 Å². The van der Waals surface area contributed by atoms with Crippen molar-refractivity contribution in [1.29, 1.82) is 5.26 Å². The van der Waals surface area contributed by atoms with Crippen LogP contribution in [-0.4, -0.2) is 9.55 Å². The van der Waals surface area contributed by atoms with E-state index in [0.29, 0.717) is 16.9 Å². The van der Waals surface area contributed by atoms with Crippen LogP contribution in [0.3, 0.4) is 0 Å². The lowest BCUT2D eigenvalue weighted by Gasteiger charge is -2.02. The zero-order chi connectivity index (χ0) is 15.5. The lowest BCUT2D eigenvalue weighted by Crippen LogP contribution is -1.97. The number of aromatic nitrogens is 2. The van der Waals surface area contributed by atoms with E-state index in [9.17, 15) is 4.39 Å². The Morgan fingerprint density at radius 2 is 1.77 bits per heavy atom. The molecule has 0 aliphatic carbocycles. The van der Waals surface area contributed by atoms with Gasteiger partial charge in [0.15, 0.2) is 4.77 Å². The number of benzene rings is 2. The molecular weight excluding hydrogens is 297 g/mol. The van der Waals surface area contributed by atoms with E-state index >= 15 is 0 Å². The first-order valence-electron chi connectivity index (χ1n) is 6.70. The van der Waals surface area contributed by atoms with E-state index in [2.05, 4.69) is 11.1 Å². The maximum absolute atomic E-state index is 12.9. The van der Waals surface area contributed by atoms with Crippen molar-refractivity contribution in [1.82, 2.24) is 9.55 Å². The average molecular weight is 309 g/mol. The standard InChI is InChI=1S/C17H12FN3S/c18-15-7-3-13(4-8-15)10-21-11-16(20-17(21)22)14-5-1-12(9-19)2-6-14/h1-8,11H,10H2,(H,20,22). The third-order valence-corrected chi connectivity index (χ3v) is 3.72. The second-order valence-electron chi connectivity index (χ2n) is 4.92. The van der Waals surface area contributed by atoms with Gasteiger partial charge in [0.2, 0.25) is 0 Å². The highest BCUT2D eigenvalue weighted by molar-refractivity contribution is 7.71. The zero-order valence-corrected chi connectivity index (χ0v) is 12.4. The quantitative estimate of drug-likeness (QED) is 0.734. The number of hydrogen-bond donors (Lipinski definition) is 1. The topological polar surface area (TPSA) is 44.5 Å². The maximum atomic E-state index is 12.9. The van der Waals surface area contributed by atoms with Gasteiger partial charge in [-0.05, 0) is 47.6 Å². The minimum absolute atomic E-state index is 0.250. The van der Waals surface area contributed by atoms with Gasteiger partial charge in [0.05, 0.1) is 17.3 Å². The molecule has 22 heavy (non-hydrogen) atoms. The van der Waals surface area contributed by atoms with E-state index < -0.39 is 0 Å². The maximum Gasteiger partial charge on any atom is 0.177 e. The van der Waals surface area contributed by atoms with E-state index in [0.717, 1.165) is 16.8 Å². The molecule has 1 aromatic heterocycles. The van der Waals surface area contributed by atoms with Crippen molar-refractivity contribution in [3.8, 4) is 17.3 Å². The van der Waals surface area contributed by atoms with Crippen LogP contribution in [0.4, 0.5) is 4.39 Å². The van der Waals surface area contributed by atoms with Crippen LogP contribution in [-0.2, 0) is 6.54 Å². The highest BCUT2D eigenvalue weighted by atomic mass is 32.1. The largest absolute Gasteiger partial charge is 0.331 e. The third-order valence-electron chi connectivity index (χ3n) is 3.38. The lowest BCUT2D eigenvalue weighted by atomic mass is 10.1. The predicted octanol–water partition coefficient (Wildman–Crippen LogP) is 4.27. The molecule has 0 radical (unpaired) electrons. The molecule has 108 valence electrons. The number of rotatable bonds is 3. The molecule has 5 heteroatoms.